The molecule has 0 spiro atoms. The van der Waals surface area contributed by atoms with Gasteiger partial charge in [0.1, 0.15) is 0 Å². The summed E-state index contributed by atoms with van der Waals surface area (Å²) < 4.78 is 0. The second kappa shape index (κ2) is 6.24. The highest BCUT2D eigenvalue weighted by Crippen LogP contribution is 2.23. The number of hydrogen-bond donors (Lipinski definition) is 1. The first-order chi connectivity index (χ1) is 7.95. The maximum atomic E-state index is 11.8. The Hall–Kier alpha value is -0.770. The van der Waals surface area contributed by atoms with Gasteiger partial charge < -0.3 is 10.0 Å². The molecule has 1 amide bonds. The van der Waals surface area contributed by atoms with Gasteiger partial charge in [-0.2, -0.15) is 0 Å². The van der Waals surface area contributed by atoms with Crippen LogP contribution in [0.25, 0.3) is 0 Å². The smallest absolute Gasteiger partial charge is 0.227 e. The minimum Gasteiger partial charge on any atom is -0.394 e. The number of amides is 1. The molecule has 1 aromatic carbocycles. The molecule has 1 atom stereocenters. The summed E-state index contributed by atoms with van der Waals surface area (Å²) in [5, 5.41) is 9.88. The fraction of sp³-hybridized carbons (Fsp3) is 0.417. The van der Waals surface area contributed by atoms with Crippen LogP contribution in [0.15, 0.2) is 18.2 Å². The maximum Gasteiger partial charge on any atom is 0.227 e. The first-order valence-corrected chi connectivity index (χ1v) is 6.01. The first kappa shape index (κ1) is 14.3. The molecule has 94 valence electrons. The summed E-state index contributed by atoms with van der Waals surface area (Å²) in [6, 6.07) is 4.93. The van der Waals surface area contributed by atoms with Crippen LogP contribution in [0.1, 0.15) is 12.5 Å². The molecular weight excluding hydrogens is 261 g/mol. The van der Waals surface area contributed by atoms with Crippen LogP contribution in [0.2, 0.25) is 10.0 Å². The van der Waals surface area contributed by atoms with Crippen LogP contribution in [0.5, 0.6) is 0 Å². The first-order valence-electron chi connectivity index (χ1n) is 5.26. The molecule has 0 heterocycles. The Kier molecular flexibility index (Phi) is 5.25. The Morgan fingerprint density at radius 1 is 1.41 bits per heavy atom. The van der Waals surface area contributed by atoms with E-state index in [4.69, 9.17) is 28.3 Å². The number of nitrogens with zero attached hydrogens (tertiary/aromatic N) is 1. The van der Waals surface area contributed by atoms with E-state index in [0.717, 1.165) is 5.56 Å². The Labute approximate surface area is 111 Å². The summed E-state index contributed by atoms with van der Waals surface area (Å²) in [5.41, 5.74) is 0.807. The number of aliphatic hydroxyl groups excluding tert-OH is 1. The zero-order valence-electron chi connectivity index (χ0n) is 9.78. The SMILES string of the molecule is CC(CO)N(C)C(=O)Cc1ccc(Cl)c(Cl)c1. The highest BCUT2D eigenvalue weighted by molar-refractivity contribution is 6.42. The van der Waals surface area contributed by atoms with Crippen molar-refractivity contribution in [3.63, 3.8) is 0 Å². The molecule has 0 aliphatic heterocycles. The third kappa shape index (κ3) is 3.87. The number of rotatable bonds is 4. The number of benzene rings is 1. The Morgan fingerprint density at radius 2 is 2.06 bits per heavy atom. The zero-order chi connectivity index (χ0) is 13.0. The Balaban J connectivity index is 2.71. The van der Waals surface area contributed by atoms with Crippen molar-refractivity contribution in [2.75, 3.05) is 13.7 Å². The van der Waals surface area contributed by atoms with Crippen molar-refractivity contribution in [2.45, 2.75) is 19.4 Å². The van der Waals surface area contributed by atoms with Crippen LogP contribution in [0.4, 0.5) is 0 Å². The molecule has 0 aliphatic rings. The molecule has 1 aromatic rings. The number of hydrogen-bond acceptors (Lipinski definition) is 2. The fourth-order valence-corrected chi connectivity index (χ4v) is 1.64. The number of aliphatic hydroxyl groups is 1. The van der Waals surface area contributed by atoms with Crippen LogP contribution in [0.3, 0.4) is 0 Å². The molecule has 0 aliphatic carbocycles. The summed E-state index contributed by atoms with van der Waals surface area (Å²) in [5.74, 6) is -0.0649. The van der Waals surface area contributed by atoms with Gasteiger partial charge >= 0.3 is 0 Å². The van der Waals surface area contributed by atoms with Gasteiger partial charge in [-0.05, 0) is 24.6 Å². The van der Waals surface area contributed by atoms with Gasteiger partial charge in [0.25, 0.3) is 0 Å². The standard InChI is InChI=1S/C12H15Cl2NO2/c1-8(7-16)15(2)12(17)6-9-3-4-10(13)11(14)5-9/h3-5,8,16H,6-7H2,1-2H3. The van der Waals surface area contributed by atoms with Crippen molar-refractivity contribution in [1.82, 2.24) is 4.90 Å². The monoisotopic (exact) mass is 275 g/mol. The van der Waals surface area contributed by atoms with E-state index in [-0.39, 0.29) is 25.0 Å². The number of halogens is 2. The van der Waals surface area contributed by atoms with Crippen molar-refractivity contribution >= 4 is 29.1 Å². The van der Waals surface area contributed by atoms with Crippen LogP contribution in [-0.4, -0.2) is 35.6 Å². The summed E-state index contributed by atoms with van der Waals surface area (Å²) in [6.45, 7) is 1.73. The van der Waals surface area contributed by atoms with Gasteiger partial charge in [0.2, 0.25) is 5.91 Å². The lowest BCUT2D eigenvalue weighted by Gasteiger charge is -2.23. The Bertz CT molecular complexity index is 409. The van der Waals surface area contributed by atoms with Crippen molar-refractivity contribution < 1.29 is 9.90 Å². The largest absolute Gasteiger partial charge is 0.394 e. The number of carbonyl (C=O) groups excluding carboxylic acids is 1. The maximum absolute atomic E-state index is 11.8. The number of carbonyl (C=O) groups is 1. The van der Waals surface area contributed by atoms with Crippen molar-refractivity contribution in [2.24, 2.45) is 0 Å². The summed E-state index contributed by atoms with van der Waals surface area (Å²) >= 11 is 11.7. The lowest BCUT2D eigenvalue weighted by molar-refractivity contribution is -0.131. The quantitative estimate of drug-likeness (QED) is 0.917. The van der Waals surface area contributed by atoms with Crippen LogP contribution >= 0.6 is 23.2 Å². The van der Waals surface area contributed by atoms with Crippen molar-refractivity contribution in [3.05, 3.63) is 33.8 Å². The molecule has 0 aromatic heterocycles. The van der Waals surface area contributed by atoms with Gasteiger partial charge in [-0.1, -0.05) is 29.3 Å². The van der Waals surface area contributed by atoms with Crippen LogP contribution in [0, 0.1) is 0 Å². The molecule has 0 bridgehead atoms. The van der Waals surface area contributed by atoms with E-state index in [1.54, 1.807) is 32.2 Å². The summed E-state index contributed by atoms with van der Waals surface area (Å²) in [4.78, 5) is 13.4. The van der Waals surface area contributed by atoms with E-state index in [1.807, 2.05) is 0 Å². The second-order valence-electron chi connectivity index (χ2n) is 3.96. The molecule has 17 heavy (non-hydrogen) atoms. The number of likely N-dealkylation sites (N-methyl/N-ethyl adjacent to an activating group) is 1. The molecule has 0 fully saturated rings. The van der Waals surface area contributed by atoms with E-state index >= 15 is 0 Å². The molecule has 1 rings (SSSR count). The molecule has 0 radical (unpaired) electrons. The van der Waals surface area contributed by atoms with Gasteiger partial charge in [-0.15, -0.1) is 0 Å². The molecule has 3 nitrogen and oxygen atoms in total. The minimum atomic E-state index is -0.190. The van der Waals surface area contributed by atoms with Gasteiger partial charge in [0.05, 0.1) is 29.1 Å². The lowest BCUT2D eigenvalue weighted by atomic mass is 10.1. The molecule has 1 unspecified atom stereocenters. The van der Waals surface area contributed by atoms with Gasteiger partial charge in [0, 0.05) is 7.05 Å². The van der Waals surface area contributed by atoms with Crippen LogP contribution < -0.4 is 0 Å². The van der Waals surface area contributed by atoms with Crippen molar-refractivity contribution in [3.8, 4) is 0 Å². The average Bonchev–Trinajstić information content (AvgIpc) is 2.31. The molecular formula is C12H15Cl2NO2. The van der Waals surface area contributed by atoms with Gasteiger partial charge in [-0.3, -0.25) is 4.79 Å². The van der Waals surface area contributed by atoms with E-state index in [0.29, 0.717) is 10.0 Å². The summed E-state index contributed by atoms with van der Waals surface area (Å²) in [6.07, 6.45) is 0.248. The van der Waals surface area contributed by atoms with Crippen LogP contribution in [-0.2, 0) is 11.2 Å². The highest BCUT2D eigenvalue weighted by Gasteiger charge is 2.15. The van der Waals surface area contributed by atoms with E-state index in [2.05, 4.69) is 0 Å². The zero-order valence-corrected chi connectivity index (χ0v) is 11.3. The minimum absolute atomic E-state index is 0.0520. The van der Waals surface area contributed by atoms with E-state index < -0.39 is 0 Å². The predicted octanol–water partition coefficient (Wildman–Crippen LogP) is 2.38. The fourth-order valence-electron chi connectivity index (χ4n) is 1.32. The average molecular weight is 276 g/mol. The van der Waals surface area contributed by atoms with Crippen molar-refractivity contribution in [1.29, 1.82) is 0 Å². The highest BCUT2D eigenvalue weighted by atomic mass is 35.5. The van der Waals surface area contributed by atoms with Gasteiger partial charge in [0.15, 0.2) is 0 Å². The predicted molar refractivity (Wildman–Crippen MR) is 69.5 cm³/mol. The lowest BCUT2D eigenvalue weighted by Crippen LogP contribution is -2.38. The molecule has 0 saturated carbocycles. The molecule has 5 heteroatoms. The van der Waals surface area contributed by atoms with E-state index in [1.165, 1.54) is 4.90 Å². The topological polar surface area (TPSA) is 40.5 Å². The normalized spacial score (nSPS) is 12.3. The molecule has 1 N–H and O–H groups in total. The van der Waals surface area contributed by atoms with Gasteiger partial charge in [-0.25, -0.2) is 0 Å². The van der Waals surface area contributed by atoms with E-state index in [9.17, 15) is 4.79 Å². The third-order valence-electron chi connectivity index (χ3n) is 2.66. The third-order valence-corrected chi connectivity index (χ3v) is 3.40. The second-order valence-corrected chi connectivity index (χ2v) is 4.78. The molecule has 0 saturated heterocycles. The Morgan fingerprint density at radius 3 is 2.59 bits per heavy atom. The summed E-state index contributed by atoms with van der Waals surface area (Å²) in [7, 11) is 1.67.